The third-order valence-electron chi connectivity index (χ3n) is 5.23. The van der Waals surface area contributed by atoms with Gasteiger partial charge < -0.3 is 15.0 Å². The number of hydrogen-bond acceptors (Lipinski definition) is 4. The number of fused-ring (bicyclic) bond motifs is 1. The van der Waals surface area contributed by atoms with Crippen LogP contribution in [-0.2, 0) is 6.42 Å². The van der Waals surface area contributed by atoms with Gasteiger partial charge in [0.25, 0.3) is 11.8 Å². The number of amides is 1. The van der Waals surface area contributed by atoms with E-state index in [1.54, 1.807) is 12.1 Å². The number of alkyl halides is 2. The van der Waals surface area contributed by atoms with E-state index in [1.165, 1.54) is 17.0 Å². The average Bonchev–Trinajstić information content (AvgIpc) is 2.68. The maximum Gasteiger partial charge on any atom is 0.272 e. The summed E-state index contributed by atoms with van der Waals surface area (Å²) in [6.07, 6.45) is -0.346. The van der Waals surface area contributed by atoms with Gasteiger partial charge in [-0.15, -0.1) is 0 Å². The molecule has 29 heavy (non-hydrogen) atoms. The molecule has 0 bridgehead atoms. The number of carbonyl (C=O) groups is 1. The number of nitrogens with one attached hydrogen (secondary N) is 1. The molecule has 0 radical (unpaired) electrons. The smallest absolute Gasteiger partial charge is 0.272 e. The van der Waals surface area contributed by atoms with Crippen LogP contribution >= 0.6 is 0 Å². The Morgan fingerprint density at radius 1 is 1.28 bits per heavy atom. The summed E-state index contributed by atoms with van der Waals surface area (Å²) in [7, 11) is 0. The number of anilines is 1. The van der Waals surface area contributed by atoms with Crippen LogP contribution in [0, 0.1) is 5.82 Å². The SMILES string of the molecule is CC1COc2nc(C(=O)N3CCC(F)(F)CC3)c(Cc3ccc(F)cc3)cc2N1. The number of aromatic nitrogens is 1. The van der Waals surface area contributed by atoms with Gasteiger partial charge in [0, 0.05) is 25.9 Å². The van der Waals surface area contributed by atoms with Crippen molar-refractivity contribution in [1.29, 1.82) is 0 Å². The van der Waals surface area contributed by atoms with Gasteiger partial charge in [-0.05, 0) is 42.7 Å². The molecule has 1 unspecified atom stereocenters. The van der Waals surface area contributed by atoms with E-state index in [-0.39, 0.29) is 49.4 Å². The third-order valence-corrected chi connectivity index (χ3v) is 5.23. The van der Waals surface area contributed by atoms with Crippen molar-refractivity contribution in [1.82, 2.24) is 9.88 Å². The predicted molar refractivity (Wildman–Crippen MR) is 102 cm³/mol. The molecule has 1 saturated heterocycles. The molecule has 1 atom stereocenters. The van der Waals surface area contributed by atoms with Crippen molar-refractivity contribution in [2.45, 2.75) is 38.2 Å². The van der Waals surface area contributed by atoms with Gasteiger partial charge in [-0.1, -0.05) is 12.1 Å². The van der Waals surface area contributed by atoms with Crippen molar-refractivity contribution in [2.24, 2.45) is 0 Å². The molecule has 0 aliphatic carbocycles. The van der Waals surface area contributed by atoms with Crippen molar-refractivity contribution in [2.75, 3.05) is 25.0 Å². The van der Waals surface area contributed by atoms with Crippen LogP contribution in [0.2, 0.25) is 0 Å². The van der Waals surface area contributed by atoms with Gasteiger partial charge >= 0.3 is 0 Å². The van der Waals surface area contributed by atoms with Crippen LogP contribution in [0.3, 0.4) is 0 Å². The fourth-order valence-corrected chi connectivity index (χ4v) is 3.59. The zero-order valence-corrected chi connectivity index (χ0v) is 16.1. The molecular formula is C21H22F3N3O2. The number of halogens is 3. The second kappa shape index (κ2) is 7.57. The van der Waals surface area contributed by atoms with E-state index in [9.17, 15) is 18.0 Å². The number of hydrogen-bond donors (Lipinski definition) is 1. The van der Waals surface area contributed by atoms with Gasteiger partial charge in [0.15, 0.2) is 0 Å². The van der Waals surface area contributed by atoms with Crippen molar-refractivity contribution in [3.63, 3.8) is 0 Å². The first-order valence-corrected chi connectivity index (χ1v) is 9.65. The Kier molecular flexibility index (Phi) is 5.10. The molecule has 1 fully saturated rings. The molecule has 1 N–H and O–H groups in total. The Hall–Kier alpha value is -2.77. The van der Waals surface area contributed by atoms with Gasteiger partial charge in [0.05, 0.1) is 11.7 Å². The van der Waals surface area contributed by atoms with E-state index in [4.69, 9.17) is 4.74 Å². The first kappa shape index (κ1) is 19.5. The van der Waals surface area contributed by atoms with Crippen LogP contribution in [0.15, 0.2) is 30.3 Å². The van der Waals surface area contributed by atoms with Gasteiger partial charge in [0.1, 0.15) is 18.1 Å². The monoisotopic (exact) mass is 405 g/mol. The van der Waals surface area contributed by atoms with E-state index < -0.39 is 5.92 Å². The van der Waals surface area contributed by atoms with Crippen molar-refractivity contribution >= 4 is 11.6 Å². The van der Waals surface area contributed by atoms with Crippen LogP contribution in [0.25, 0.3) is 0 Å². The number of piperidine rings is 1. The van der Waals surface area contributed by atoms with Crippen molar-refractivity contribution < 1.29 is 22.7 Å². The Labute approximate surface area is 166 Å². The molecule has 4 rings (SSSR count). The summed E-state index contributed by atoms with van der Waals surface area (Å²) in [5, 5.41) is 3.28. The molecule has 2 aliphatic heterocycles. The Morgan fingerprint density at radius 2 is 1.97 bits per heavy atom. The van der Waals surface area contributed by atoms with Gasteiger partial charge in [0.2, 0.25) is 5.88 Å². The highest BCUT2D eigenvalue weighted by Crippen LogP contribution is 2.32. The minimum atomic E-state index is -2.74. The normalized spacial score (nSPS) is 20.4. The van der Waals surface area contributed by atoms with Crippen molar-refractivity contribution in [3.8, 4) is 5.88 Å². The van der Waals surface area contributed by atoms with Crippen LogP contribution in [0.5, 0.6) is 5.88 Å². The Balaban J connectivity index is 1.67. The van der Waals surface area contributed by atoms with E-state index >= 15 is 0 Å². The number of nitrogens with zero attached hydrogens (tertiary/aromatic N) is 2. The Bertz CT molecular complexity index is 908. The van der Waals surface area contributed by atoms with Crippen molar-refractivity contribution in [3.05, 3.63) is 53.0 Å². The molecule has 5 nitrogen and oxygen atoms in total. The zero-order chi connectivity index (χ0) is 20.6. The lowest BCUT2D eigenvalue weighted by Crippen LogP contribution is -2.43. The number of likely N-dealkylation sites (tertiary alicyclic amines) is 1. The molecular weight excluding hydrogens is 383 g/mol. The molecule has 154 valence electrons. The highest BCUT2D eigenvalue weighted by molar-refractivity contribution is 5.94. The molecule has 2 aliphatic rings. The largest absolute Gasteiger partial charge is 0.474 e. The second-order valence-corrected chi connectivity index (χ2v) is 7.66. The second-order valence-electron chi connectivity index (χ2n) is 7.66. The topological polar surface area (TPSA) is 54.5 Å². The van der Waals surface area contributed by atoms with Crippen LogP contribution < -0.4 is 10.1 Å². The molecule has 0 spiro atoms. The van der Waals surface area contributed by atoms with E-state index in [1.807, 2.05) is 13.0 Å². The lowest BCUT2D eigenvalue weighted by molar-refractivity contribution is -0.0495. The molecule has 3 heterocycles. The van der Waals surface area contributed by atoms with E-state index in [2.05, 4.69) is 10.3 Å². The quantitative estimate of drug-likeness (QED) is 0.842. The van der Waals surface area contributed by atoms with E-state index in [0.29, 0.717) is 30.2 Å². The molecule has 8 heteroatoms. The number of pyridine rings is 1. The lowest BCUT2D eigenvalue weighted by atomic mass is 10.0. The number of rotatable bonds is 3. The summed E-state index contributed by atoms with van der Waals surface area (Å²) in [5.74, 6) is -3.13. The zero-order valence-electron chi connectivity index (χ0n) is 16.1. The van der Waals surface area contributed by atoms with E-state index in [0.717, 1.165) is 5.56 Å². The summed E-state index contributed by atoms with van der Waals surface area (Å²) in [6, 6.07) is 7.92. The highest BCUT2D eigenvalue weighted by atomic mass is 19.3. The minimum absolute atomic E-state index is 0.0171. The third kappa shape index (κ3) is 4.31. The molecule has 1 amide bonds. The maximum absolute atomic E-state index is 13.5. The van der Waals surface area contributed by atoms with Gasteiger partial charge in [-0.25, -0.2) is 18.2 Å². The Morgan fingerprint density at radius 3 is 2.66 bits per heavy atom. The summed E-state index contributed by atoms with van der Waals surface area (Å²) in [4.78, 5) is 19.0. The maximum atomic E-state index is 13.5. The number of carbonyl (C=O) groups excluding carboxylic acids is 1. The first-order chi connectivity index (χ1) is 13.8. The fraction of sp³-hybridized carbons (Fsp3) is 0.429. The van der Waals surface area contributed by atoms with Crippen LogP contribution in [0.4, 0.5) is 18.9 Å². The predicted octanol–water partition coefficient (Wildman–Crippen LogP) is 3.88. The molecule has 2 aromatic rings. The summed E-state index contributed by atoms with van der Waals surface area (Å²) in [5.41, 5.74) is 2.33. The molecule has 1 aromatic carbocycles. The molecule has 1 aromatic heterocycles. The summed E-state index contributed by atoms with van der Waals surface area (Å²) in [6.45, 7) is 2.35. The van der Waals surface area contributed by atoms with Crippen LogP contribution in [-0.4, -0.2) is 47.5 Å². The lowest BCUT2D eigenvalue weighted by Gasteiger charge is -2.32. The molecule has 0 saturated carbocycles. The number of benzene rings is 1. The van der Waals surface area contributed by atoms with Gasteiger partial charge in [-0.2, -0.15) is 0 Å². The summed E-state index contributed by atoms with van der Waals surface area (Å²) >= 11 is 0. The minimum Gasteiger partial charge on any atom is -0.474 e. The van der Waals surface area contributed by atoms with Crippen LogP contribution in [0.1, 0.15) is 41.4 Å². The summed E-state index contributed by atoms with van der Waals surface area (Å²) < 4.78 is 45.9. The average molecular weight is 405 g/mol. The highest BCUT2D eigenvalue weighted by Gasteiger charge is 2.37. The fourth-order valence-electron chi connectivity index (χ4n) is 3.59. The standard InChI is InChI=1S/C21H22F3N3O2/c1-13-12-29-19-17(25-13)11-15(10-14-2-4-16(22)5-3-14)18(26-19)20(28)27-8-6-21(23,24)7-9-27/h2-5,11,13,25H,6-10,12H2,1H3. The first-order valence-electron chi connectivity index (χ1n) is 9.65. The van der Waals surface area contributed by atoms with Gasteiger partial charge in [-0.3, -0.25) is 4.79 Å². The number of ether oxygens (including phenoxy) is 1.